The third kappa shape index (κ3) is 1.60. The lowest BCUT2D eigenvalue weighted by molar-refractivity contribution is 0.271. The van der Waals surface area contributed by atoms with Gasteiger partial charge in [-0.3, -0.25) is 4.90 Å². The van der Waals surface area contributed by atoms with Gasteiger partial charge in [0.05, 0.1) is 5.54 Å². The van der Waals surface area contributed by atoms with Crippen LogP contribution in [-0.2, 0) is 0 Å². The van der Waals surface area contributed by atoms with Crippen LogP contribution in [0.25, 0.3) is 0 Å². The molecule has 0 unspecified atom stereocenters. The zero-order valence-electron chi connectivity index (χ0n) is 7.05. The van der Waals surface area contributed by atoms with Crippen molar-refractivity contribution in [2.75, 3.05) is 14.1 Å². The number of hydrogen-bond donors (Lipinski definition) is 2. The lowest BCUT2D eigenvalue weighted by Gasteiger charge is -2.30. The van der Waals surface area contributed by atoms with Crippen LogP contribution in [0.4, 0.5) is 0 Å². The van der Waals surface area contributed by atoms with Crippen molar-refractivity contribution in [2.24, 2.45) is 16.7 Å². The van der Waals surface area contributed by atoms with Crippen molar-refractivity contribution in [3.63, 3.8) is 0 Å². The number of hydrazone groups is 1. The number of hydrogen-bond acceptors (Lipinski definition) is 3. The molecule has 0 rings (SSSR count). The van der Waals surface area contributed by atoms with Crippen LogP contribution in [0.2, 0.25) is 0 Å². The van der Waals surface area contributed by atoms with E-state index in [9.17, 15) is 0 Å². The molecule has 4 nitrogen and oxygen atoms in total. The second kappa shape index (κ2) is 2.88. The average Bonchev–Trinajstić information content (AvgIpc) is 1.86. The largest absolute Gasteiger partial charge is 0.384 e. The van der Waals surface area contributed by atoms with Crippen molar-refractivity contribution in [3.05, 3.63) is 0 Å². The minimum absolute atomic E-state index is 0.255. The number of nitrogens with zero attached hydrogens (tertiary/aromatic N) is 2. The molecule has 60 valence electrons. The van der Waals surface area contributed by atoms with Gasteiger partial charge in [-0.1, -0.05) is 0 Å². The number of amidine groups is 1. The molecule has 0 radical (unpaired) electrons. The van der Waals surface area contributed by atoms with Gasteiger partial charge < -0.3 is 11.6 Å². The van der Waals surface area contributed by atoms with Gasteiger partial charge in [-0.2, -0.15) is 5.10 Å². The molecule has 0 fully saturated rings. The van der Waals surface area contributed by atoms with Crippen LogP contribution in [0.3, 0.4) is 0 Å². The van der Waals surface area contributed by atoms with Crippen LogP contribution in [0.15, 0.2) is 5.10 Å². The van der Waals surface area contributed by atoms with Crippen molar-refractivity contribution in [1.29, 1.82) is 0 Å². The van der Waals surface area contributed by atoms with Crippen LogP contribution in [0, 0.1) is 0 Å². The minimum atomic E-state index is -0.255. The first kappa shape index (κ1) is 9.23. The lowest BCUT2D eigenvalue weighted by Crippen LogP contribution is -2.50. The maximum Gasteiger partial charge on any atom is 0.139 e. The molecule has 0 aromatic heterocycles. The van der Waals surface area contributed by atoms with E-state index in [1.54, 1.807) is 0 Å². The quantitative estimate of drug-likeness (QED) is 0.239. The van der Waals surface area contributed by atoms with E-state index in [1.165, 1.54) is 0 Å². The molecule has 0 aliphatic carbocycles. The van der Waals surface area contributed by atoms with Gasteiger partial charge in [0.15, 0.2) is 0 Å². The maximum atomic E-state index is 5.54. The van der Waals surface area contributed by atoms with E-state index >= 15 is 0 Å². The van der Waals surface area contributed by atoms with E-state index in [4.69, 9.17) is 11.6 Å². The van der Waals surface area contributed by atoms with Gasteiger partial charge in [-0.15, -0.1) is 0 Å². The molecule has 0 bridgehead atoms. The first-order valence-electron chi connectivity index (χ1n) is 3.14. The van der Waals surface area contributed by atoms with Gasteiger partial charge in [0.25, 0.3) is 0 Å². The highest BCUT2D eigenvalue weighted by molar-refractivity contribution is 5.88. The van der Waals surface area contributed by atoms with Crippen LogP contribution < -0.4 is 11.6 Å². The fraction of sp³-hybridized carbons (Fsp3) is 0.833. The summed E-state index contributed by atoms with van der Waals surface area (Å²) in [5, 5.41) is 3.43. The molecule has 0 aromatic rings. The normalized spacial score (nSPS) is 14.3. The second-order valence-corrected chi connectivity index (χ2v) is 2.97. The summed E-state index contributed by atoms with van der Waals surface area (Å²) in [4.78, 5) is 1.96. The Hall–Kier alpha value is -0.770. The summed E-state index contributed by atoms with van der Waals surface area (Å²) in [6.45, 7) is 3.91. The molecule has 0 spiro atoms. The Morgan fingerprint density at radius 2 is 1.80 bits per heavy atom. The average molecular weight is 144 g/mol. The summed E-state index contributed by atoms with van der Waals surface area (Å²) in [6.07, 6.45) is 0. The van der Waals surface area contributed by atoms with Crippen molar-refractivity contribution in [3.8, 4) is 0 Å². The lowest BCUT2D eigenvalue weighted by atomic mass is 10.0. The van der Waals surface area contributed by atoms with Crippen LogP contribution >= 0.6 is 0 Å². The molecule has 4 heteroatoms. The minimum Gasteiger partial charge on any atom is -0.384 e. The molecular weight excluding hydrogens is 128 g/mol. The summed E-state index contributed by atoms with van der Waals surface area (Å²) in [6, 6.07) is 0. The molecule has 0 heterocycles. The molecule has 0 saturated carbocycles. The van der Waals surface area contributed by atoms with Gasteiger partial charge in [0.2, 0.25) is 0 Å². The van der Waals surface area contributed by atoms with E-state index in [1.807, 2.05) is 32.8 Å². The zero-order valence-corrected chi connectivity index (χ0v) is 7.05. The van der Waals surface area contributed by atoms with E-state index in [-0.39, 0.29) is 5.54 Å². The van der Waals surface area contributed by atoms with Gasteiger partial charge in [0.1, 0.15) is 5.84 Å². The Morgan fingerprint density at radius 1 is 1.40 bits per heavy atom. The summed E-state index contributed by atoms with van der Waals surface area (Å²) in [5.74, 6) is 5.47. The standard InChI is InChI=1S/C6H16N4/c1-6(2,10(3)4)5(7)9-8/h8H2,1-4H3,(H2,7,9). The summed E-state index contributed by atoms with van der Waals surface area (Å²) in [7, 11) is 3.86. The highest BCUT2D eigenvalue weighted by atomic mass is 15.2. The van der Waals surface area contributed by atoms with E-state index in [0.29, 0.717) is 5.84 Å². The Kier molecular flexibility index (Phi) is 2.65. The smallest absolute Gasteiger partial charge is 0.139 e. The Balaban J connectivity index is 4.40. The summed E-state index contributed by atoms with van der Waals surface area (Å²) >= 11 is 0. The van der Waals surface area contributed by atoms with Gasteiger partial charge in [-0.05, 0) is 27.9 Å². The third-order valence-electron chi connectivity index (χ3n) is 1.88. The monoisotopic (exact) mass is 144 g/mol. The maximum absolute atomic E-state index is 5.54. The third-order valence-corrected chi connectivity index (χ3v) is 1.88. The fourth-order valence-electron chi connectivity index (χ4n) is 0.387. The molecule has 0 aliphatic heterocycles. The predicted molar refractivity (Wildman–Crippen MR) is 43.6 cm³/mol. The van der Waals surface area contributed by atoms with Crippen molar-refractivity contribution >= 4 is 5.84 Å². The molecule has 0 saturated heterocycles. The highest BCUT2D eigenvalue weighted by Crippen LogP contribution is 2.08. The zero-order chi connectivity index (χ0) is 8.36. The molecule has 4 N–H and O–H groups in total. The highest BCUT2D eigenvalue weighted by Gasteiger charge is 2.24. The van der Waals surface area contributed by atoms with Crippen molar-refractivity contribution in [1.82, 2.24) is 4.90 Å². The predicted octanol–water partition coefficient (Wildman–Crippen LogP) is -0.442. The Bertz CT molecular complexity index is 137. The molecule has 0 atom stereocenters. The summed E-state index contributed by atoms with van der Waals surface area (Å²) < 4.78 is 0. The van der Waals surface area contributed by atoms with Crippen LogP contribution in [0.1, 0.15) is 13.8 Å². The van der Waals surface area contributed by atoms with Gasteiger partial charge >= 0.3 is 0 Å². The van der Waals surface area contributed by atoms with Crippen LogP contribution in [0.5, 0.6) is 0 Å². The van der Waals surface area contributed by atoms with Crippen molar-refractivity contribution in [2.45, 2.75) is 19.4 Å². The van der Waals surface area contributed by atoms with Gasteiger partial charge in [0, 0.05) is 0 Å². The first-order valence-corrected chi connectivity index (χ1v) is 3.14. The Labute approximate surface area is 61.9 Å². The molecule has 0 aromatic carbocycles. The number of likely N-dealkylation sites (N-methyl/N-ethyl adjacent to an activating group) is 1. The fourth-order valence-corrected chi connectivity index (χ4v) is 0.387. The van der Waals surface area contributed by atoms with E-state index < -0.39 is 0 Å². The topological polar surface area (TPSA) is 67.6 Å². The summed E-state index contributed by atoms with van der Waals surface area (Å²) in [5.41, 5.74) is 5.28. The van der Waals surface area contributed by atoms with Crippen molar-refractivity contribution < 1.29 is 0 Å². The Morgan fingerprint density at radius 3 is 1.90 bits per heavy atom. The number of rotatable bonds is 2. The molecular formula is C6H16N4. The van der Waals surface area contributed by atoms with E-state index in [2.05, 4.69) is 5.10 Å². The van der Waals surface area contributed by atoms with Crippen LogP contribution in [-0.4, -0.2) is 30.4 Å². The number of nitrogens with two attached hydrogens (primary N) is 2. The van der Waals surface area contributed by atoms with Gasteiger partial charge in [-0.25, -0.2) is 0 Å². The SMILES string of the molecule is CN(C)C(C)(C)/C(N)=N/N. The molecule has 10 heavy (non-hydrogen) atoms. The second-order valence-electron chi connectivity index (χ2n) is 2.97. The van der Waals surface area contributed by atoms with E-state index in [0.717, 1.165) is 0 Å². The molecule has 0 amide bonds. The first-order chi connectivity index (χ1) is 4.42. The molecule has 0 aliphatic rings.